The molecular formula is C17H24O9. The third-order valence-electron chi connectivity index (χ3n) is 4.33. The lowest BCUT2D eigenvalue weighted by atomic mass is 9.87. The summed E-state index contributed by atoms with van der Waals surface area (Å²) in [7, 11) is 0. The highest BCUT2D eigenvalue weighted by molar-refractivity contribution is 5.77. The van der Waals surface area contributed by atoms with Gasteiger partial charge in [0.25, 0.3) is 0 Å². The molecular weight excluding hydrogens is 348 g/mol. The van der Waals surface area contributed by atoms with Crippen molar-refractivity contribution in [1.82, 2.24) is 0 Å². The van der Waals surface area contributed by atoms with E-state index in [0.717, 1.165) is 0 Å². The number of carbonyl (C=O) groups excluding carboxylic acids is 1. The Labute approximate surface area is 150 Å². The zero-order valence-corrected chi connectivity index (χ0v) is 14.6. The highest BCUT2D eigenvalue weighted by Gasteiger charge is 2.65. The average Bonchev–Trinajstić information content (AvgIpc) is 2.65. The molecule has 1 aliphatic rings. The molecule has 0 unspecified atom stereocenters. The molecule has 0 radical (unpaired) electrons. The van der Waals surface area contributed by atoms with E-state index in [-0.39, 0.29) is 0 Å². The van der Waals surface area contributed by atoms with Crippen LogP contribution in [0.3, 0.4) is 0 Å². The van der Waals surface area contributed by atoms with E-state index < -0.39 is 55.7 Å². The number of aliphatic hydroxyl groups excluding tert-OH is 4. The third-order valence-corrected chi connectivity index (χ3v) is 4.33. The molecule has 1 aromatic rings. The first-order valence-electron chi connectivity index (χ1n) is 8.02. The van der Waals surface area contributed by atoms with Crippen molar-refractivity contribution in [3.8, 4) is 5.75 Å². The molecule has 1 saturated heterocycles. The molecule has 1 aromatic carbocycles. The Balaban J connectivity index is 2.17. The number of aliphatic hydroxyl groups is 4. The number of benzene rings is 1. The third kappa shape index (κ3) is 3.68. The Morgan fingerprint density at radius 3 is 2.04 bits per heavy atom. The van der Waals surface area contributed by atoms with Gasteiger partial charge >= 0.3 is 18.4 Å². The minimum atomic E-state index is -2.14. The monoisotopic (exact) mass is 372 g/mol. The van der Waals surface area contributed by atoms with E-state index in [1.807, 2.05) is 0 Å². The zero-order chi connectivity index (χ0) is 19.4. The van der Waals surface area contributed by atoms with Gasteiger partial charge in [0.2, 0.25) is 0 Å². The van der Waals surface area contributed by atoms with E-state index in [2.05, 4.69) is 0 Å². The van der Waals surface area contributed by atoms with Crippen molar-refractivity contribution in [3.63, 3.8) is 0 Å². The van der Waals surface area contributed by atoms with E-state index >= 15 is 0 Å². The van der Waals surface area contributed by atoms with Crippen LogP contribution in [0.15, 0.2) is 30.3 Å². The van der Waals surface area contributed by atoms with Crippen LogP contribution in [0.2, 0.25) is 0 Å². The van der Waals surface area contributed by atoms with Crippen molar-refractivity contribution in [3.05, 3.63) is 30.3 Å². The quantitative estimate of drug-likeness (QED) is 0.426. The van der Waals surface area contributed by atoms with E-state index in [1.165, 1.54) is 13.8 Å². The predicted octanol–water partition coefficient (Wildman–Crippen LogP) is -0.425. The van der Waals surface area contributed by atoms with Crippen molar-refractivity contribution in [1.29, 1.82) is 0 Å². The molecule has 26 heavy (non-hydrogen) atoms. The van der Waals surface area contributed by atoms with E-state index in [0.29, 0.717) is 5.75 Å². The van der Waals surface area contributed by atoms with Crippen molar-refractivity contribution in [2.75, 3.05) is 26.4 Å². The molecule has 0 aliphatic carbocycles. The van der Waals surface area contributed by atoms with Crippen molar-refractivity contribution < 1.29 is 44.2 Å². The first-order chi connectivity index (χ1) is 12.3. The molecule has 4 N–H and O–H groups in total. The summed E-state index contributed by atoms with van der Waals surface area (Å²) in [4.78, 5) is 12.4. The van der Waals surface area contributed by atoms with Crippen LogP contribution in [0.4, 0.5) is 0 Å². The van der Waals surface area contributed by atoms with Gasteiger partial charge in [-0.15, -0.1) is 0 Å². The number of hydrogen-bond acceptors (Lipinski definition) is 9. The number of ether oxygens (including phenoxy) is 4. The number of carbonyl (C=O) groups is 1. The fourth-order valence-corrected chi connectivity index (χ4v) is 2.04. The maximum atomic E-state index is 12.4. The average molecular weight is 372 g/mol. The van der Waals surface area contributed by atoms with Gasteiger partial charge in [-0.25, -0.2) is 0 Å². The Morgan fingerprint density at radius 1 is 1.04 bits per heavy atom. The van der Waals surface area contributed by atoms with Crippen molar-refractivity contribution in [2.24, 2.45) is 10.8 Å². The van der Waals surface area contributed by atoms with Crippen LogP contribution < -0.4 is 4.74 Å². The first-order valence-corrected chi connectivity index (χ1v) is 8.02. The molecule has 2 rings (SSSR count). The van der Waals surface area contributed by atoms with Gasteiger partial charge in [-0.3, -0.25) is 14.3 Å². The van der Waals surface area contributed by atoms with Gasteiger partial charge in [-0.2, -0.15) is 0 Å². The van der Waals surface area contributed by atoms with Gasteiger partial charge in [0.1, 0.15) is 16.6 Å². The first kappa shape index (κ1) is 20.6. The lowest BCUT2D eigenvalue weighted by molar-refractivity contribution is -0.598. The van der Waals surface area contributed by atoms with Gasteiger partial charge in [0.15, 0.2) is 0 Å². The molecule has 9 nitrogen and oxygen atoms in total. The molecule has 0 amide bonds. The second-order valence-electron chi connectivity index (χ2n) is 6.65. The number of esters is 1. The summed E-state index contributed by atoms with van der Waals surface area (Å²) in [6.45, 7) is -1.21. The molecule has 9 heteroatoms. The summed E-state index contributed by atoms with van der Waals surface area (Å²) < 4.78 is 21.6. The van der Waals surface area contributed by atoms with Gasteiger partial charge in [-0.05, 0) is 26.0 Å². The van der Waals surface area contributed by atoms with Crippen LogP contribution in [0, 0.1) is 10.8 Å². The summed E-state index contributed by atoms with van der Waals surface area (Å²) in [5, 5.41) is 38.0. The molecule has 0 saturated carbocycles. The topological polar surface area (TPSA) is 135 Å². The van der Waals surface area contributed by atoms with Crippen LogP contribution >= 0.6 is 0 Å². The van der Waals surface area contributed by atoms with E-state index in [1.54, 1.807) is 30.3 Å². The molecule has 0 bridgehead atoms. The highest BCUT2D eigenvalue weighted by Crippen LogP contribution is 2.46. The molecule has 1 fully saturated rings. The Hall–Kier alpha value is -1.75. The van der Waals surface area contributed by atoms with Gasteiger partial charge in [-0.1, -0.05) is 18.2 Å². The number of rotatable bonds is 9. The molecule has 0 aromatic heterocycles. The van der Waals surface area contributed by atoms with Gasteiger partial charge < -0.3 is 29.9 Å². The summed E-state index contributed by atoms with van der Waals surface area (Å²) in [6, 6.07) is 8.58. The number of hydrogen-bond donors (Lipinski definition) is 4. The fourth-order valence-electron chi connectivity index (χ4n) is 2.04. The molecule has 1 aliphatic heterocycles. The zero-order valence-electron chi connectivity index (χ0n) is 14.6. The van der Waals surface area contributed by atoms with Crippen LogP contribution in [0.5, 0.6) is 5.75 Å². The largest absolute Gasteiger partial charge is 0.441 e. The Morgan fingerprint density at radius 2 is 1.58 bits per heavy atom. The lowest BCUT2D eigenvalue weighted by Crippen LogP contribution is -2.69. The maximum Gasteiger partial charge on any atom is 0.349 e. The standard InChI is InChI=1S/C17H24O9/c1-15(8-18,9-19)13(22)24-17(16(2,10-20)11-21)25-14(26-17)23-12-6-4-3-5-7-12/h3-7,14,18-21H,8-11H2,1-2H3. The second-order valence-corrected chi connectivity index (χ2v) is 6.65. The minimum Gasteiger partial charge on any atom is -0.441 e. The summed E-state index contributed by atoms with van der Waals surface area (Å²) in [5.41, 5.74) is -3.14. The van der Waals surface area contributed by atoms with Crippen LogP contribution in [0.1, 0.15) is 13.8 Å². The van der Waals surface area contributed by atoms with Gasteiger partial charge in [0, 0.05) is 0 Å². The Bertz CT molecular complexity index is 590. The van der Waals surface area contributed by atoms with E-state index in [4.69, 9.17) is 18.9 Å². The highest BCUT2D eigenvalue weighted by atomic mass is 17.1. The molecule has 0 spiro atoms. The minimum absolute atomic E-state index is 0.433. The van der Waals surface area contributed by atoms with Gasteiger partial charge in [0.05, 0.1) is 26.4 Å². The van der Waals surface area contributed by atoms with Crippen molar-refractivity contribution in [2.45, 2.75) is 26.3 Å². The summed E-state index contributed by atoms with van der Waals surface area (Å²) in [5.74, 6) is -2.73. The lowest BCUT2D eigenvalue weighted by Gasteiger charge is -2.52. The van der Waals surface area contributed by atoms with Crippen molar-refractivity contribution >= 4 is 5.97 Å². The maximum absolute atomic E-state index is 12.4. The molecule has 146 valence electrons. The normalized spacial score (nSPS) is 23.2. The summed E-state index contributed by atoms with van der Waals surface area (Å²) in [6.07, 6.45) is 0. The fraction of sp³-hybridized carbons (Fsp3) is 0.588. The van der Waals surface area contributed by atoms with Crippen LogP contribution in [-0.4, -0.2) is 65.3 Å². The second kappa shape index (κ2) is 7.87. The predicted molar refractivity (Wildman–Crippen MR) is 86.4 cm³/mol. The van der Waals surface area contributed by atoms with Crippen LogP contribution in [0.25, 0.3) is 0 Å². The summed E-state index contributed by atoms with van der Waals surface area (Å²) >= 11 is 0. The Kier molecular flexibility index (Phi) is 6.22. The molecule has 1 heterocycles. The van der Waals surface area contributed by atoms with Crippen LogP contribution in [-0.2, 0) is 19.0 Å². The SMILES string of the molecule is CC(CO)(CO)C(=O)OC1(C(C)(CO)CO)OC(Oc2ccccc2)O1. The molecule has 0 atom stereocenters. The van der Waals surface area contributed by atoms with E-state index in [9.17, 15) is 25.2 Å². The number of para-hydroxylation sites is 1. The smallest absolute Gasteiger partial charge is 0.349 e.